The number of hydrogen-bond acceptors (Lipinski definition) is 3. The number of hydrogen-bond donors (Lipinski definition) is 2. The van der Waals surface area contributed by atoms with Gasteiger partial charge in [0.15, 0.2) is 0 Å². The van der Waals surface area contributed by atoms with Gasteiger partial charge in [-0.15, -0.1) is 0 Å². The Morgan fingerprint density at radius 2 is 2.42 bits per heavy atom. The minimum atomic E-state index is -1.04. The van der Waals surface area contributed by atoms with E-state index in [1.807, 2.05) is 0 Å². The molecule has 1 unspecified atom stereocenters. The van der Waals surface area contributed by atoms with E-state index < -0.39 is 12.1 Å². The predicted molar refractivity (Wildman–Crippen MR) is 40.7 cm³/mol. The van der Waals surface area contributed by atoms with Crippen LogP contribution in [0.4, 0.5) is 0 Å². The summed E-state index contributed by atoms with van der Waals surface area (Å²) in [5.74, 6) is -0.712. The number of carboxylic acid groups (broad SMARTS) is 1. The molecule has 1 aromatic rings. The maximum Gasteiger partial charge on any atom is 0.306 e. The van der Waals surface area contributed by atoms with Gasteiger partial charge >= 0.3 is 5.97 Å². The molecule has 0 amide bonds. The first-order chi connectivity index (χ1) is 5.61. The second-order valence-electron chi connectivity index (χ2n) is 2.58. The summed E-state index contributed by atoms with van der Waals surface area (Å²) in [4.78, 5) is 10.2. The number of aliphatic hydroxyl groups excluding tert-OH is 1. The van der Waals surface area contributed by atoms with Crippen molar-refractivity contribution in [1.29, 1.82) is 0 Å². The summed E-state index contributed by atoms with van der Waals surface area (Å²) in [5, 5.41) is 17.7. The van der Waals surface area contributed by atoms with Crippen molar-refractivity contribution >= 4 is 5.97 Å². The van der Waals surface area contributed by atoms with Gasteiger partial charge in [-0.2, -0.15) is 0 Å². The number of aliphatic hydroxyl groups is 1. The zero-order valence-corrected chi connectivity index (χ0v) is 6.65. The normalized spacial score (nSPS) is 12.8. The van der Waals surface area contributed by atoms with Crippen LogP contribution < -0.4 is 0 Å². The van der Waals surface area contributed by atoms with Crippen LogP contribution in [0, 0.1) is 6.92 Å². The van der Waals surface area contributed by atoms with Gasteiger partial charge in [0.05, 0.1) is 12.7 Å². The van der Waals surface area contributed by atoms with Gasteiger partial charge in [0.25, 0.3) is 0 Å². The van der Waals surface area contributed by atoms with Crippen molar-refractivity contribution in [3.05, 3.63) is 23.7 Å². The van der Waals surface area contributed by atoms with E-state index in [-0.39, 0.29) is 6.42 Å². The maximum absolute atomic E-state index is 10.2. The van der Waals surface area contributed by atoms with Crippen LogP contribution in [0.2, 0.25) is 0 Å². The van der Waals surface area contributed by atoms with E-state index in [0.717, 1.165) is 5.56 Å². The molecule has 0 bridgehead atoms. The first-order valence-corrected chi connectivity index (χ1v) is 3.55. The van der Waals surface area contributed by atoms with Crippen molar-refractivity contribution in [3.63, 3.8) is 0 Å². The molecule has 0 aliphatic carbocycles. The van der Waals surface area contributed by atoms with E-state index in [9.17, 15) is 9.90 Å². The van der Waals surface area contributed by atoms with Gasteiger partial charge in [-0.05, 0) is 18.6 Å². The monoisotopic (exact) mass is 170 g/mol. The summed E-state index contributed by atoms with van der Waals surface area (Å²) in [6.45, 7) is 1.75. The van der Waals surface area contributed by atoms with Crippen LogP contribution in [0.1, 0.15) is 23.8 Å². The van der Waals surface area contributed by atoms with Crippen LogP contribution in [-0.2, 0) is 4.79 Å². The molecule has 66 valence electrons. The molecule has 0 aromatic carbocycles. The predicted octanol–water partition coefficient (Wildman–Crippen LogP) is 1.10. The fourth-order valence-electron chi connectivity index (χ4n) is 0.984. The average molecular weight is 170 g/mol. The minimum absolute atomic E-state index is 0.325. The molecule has 0 saturated carbocycles. The molecular formula is C8H10O4. The third-order valence-corrected chi connectivity index (χ3v) is 1.57. The highest BCUT2D eigenvalue weighted by Crippen LogP contribution is 2.20. The van der Waals surface area contributed by atoms with Gasteiger partial charge in [0, 0.05) is 0 Å². The third-order valence-electron chi connectivity index (χ3n) is 1.57. The molecule has 0 fully saturated rings. The Morgan fingerprint density at radius 1 is 1.75 bits per heavy atom. The van der Waals surface area contributed by atoms with Crippen molar-refractivity contribution < 1.29 is 19.4 Å². The SMILES string of the molecule is Cc1ccoc1C(O)CC(=O)O. The number of carbonyl (C=O) groups is 1. The summed E-state index contributed by atoms with van der Waals surface area (Å²) in [6.07, 6.45) is 0.0573. The van der Waals surface area contributed by atoms with Gasteiger partial charge in [-0.25, -0.2) is 0 Å². The Balaban J connectivity index is 2.71. The van der Waals surface area contributed by atoms with Crippen LogP contribution >= 0.6 is 0 Å². The van der Waals surface area contributed by atoms with Gasteiger partial charge < -0.3 is 14.6 Å². The second kappa shape index (κ2) is 3.40. The molecule has 0 spiro atoms. The molecule has 0 aliphatic heterocycles. The zero-order chi connectivity index (χ0) is 9.14. The largest absolute Gasteiger partial charge is 0.481 e. The number of carboxylic acids is 1. The van der Waals surface area contributed by atoms with Crippen molar-refractivity contribution in [2.75, 3.05) is 0 Å². The van der Waals surface area contributed by atoms with Gasteiger partial charge in [0.1, 0.15) is 11.9 Å². The highest BCUT2D eigenvalue weighted by atomic mass is 16.4. The van der Waals surface area contributed by atoms with Crippen LogP contribution in [-0.4, -0.2) is 16.2 Å². The summed E-state index contributed by atoms with van der Waals surface area (Å²) in [5.41, 5.74) is 0.767. The lowest BCUT2D eigenvalue weighted by Crippen LogP contribution is -2.05. The fourth-order valence-corrected chi connectivity index (χ4v) is 0.984. The maximum atomic E-state index is 10.2. The molecule has 4 heteroatoms. The van der Waals surface area contributed by atoms with Crippen molar-refractivity contribution in [3.8, 4) is 0 Å². The summed E-state index contributed by atoms with van der Waals surface area (Å²) >= 11 is 0. The van der Waals surface area contributed by atoms with Crippen molar-refractivity contribution in [2.45, 2.75) is 19.4 Å². The highest BCUT2D eigenvalue weighted by Gasteiger charge is 2.16. The first kappa shape index (κ1) is 8.80. The smallest absolute Gasteiger partial charge is 0.306 e. The Bertz CT molecular complexity index is 276. The van der Waals surface area contributed by atoms with Crippen molar-refractivity contribution in [1.82, 2.24) is 0 Å². The van der Waals surface area contributed by atoms with Crippen molar-refractivity contribution in [2.24, 2.45) is 0 Å². The topological polar surface area (TPSA) is 70.7 Å². The Kier molecular flexibility index (Phi) is 2.50. The van der Waals surface area contributed by atoms with Gasteiger partial charge in [-0.1, -0.05) is 0 Å². The lowest BCUT2D eigenvalue weighted by molar-refractivity contribution is -0.139. The van der Waals surface area contributed by atoms with E-state index in [1.165, 1.54) is 6.26 Å². The molecule has 4 nitrogen and oxygen atoms in total. The molecule has 1 rings (SSSR count). The third kappa shape index (κ3) is 1.85. The summed E-state index contributed by atoms with van der Waals surface area (Å²) < 4.78 is 4.91. The Hall–Kier alpha value is -1.29. The number of aryl methyl sites for hydroxylation is 1. The molecule has 0 radical (unpaired) electrons. The van der Waals surface area contributed by atoms with Crippen LogP contribution in [0.3, 0.4) is 0 Å². The number of rotatable bonds is 3. The van der Waals surface area contributed by atoms with Crippen LogP contribution in [0.15, 0.2) is 16.7 Å². The Labute approximate surface area is 69.4 Å². The molecule has 12 heavy (non-hydrogen) atoms. The first-order valence-electron chi connectivity index (χ1n) is 3.55. The average Bonchev–Trinajstić information content (AvgIpc) is 2.33. The van der Waals surface area contributed by atoms with E-state index >= 15 is 0 Å². The number of furan rings is 1. The van der Waals surface area contributed by atoms with E-state index in [0.29, 0.717) is 5.76 Å². The van der Waals surface area contributed by atoms with E-state index in [1.54, 1.807) is 13.0 Å². The highest BCUT2D eigenvalue weighted by molar-refractivity contribution is 5.67. The standard InChI is InChI=1S/C8H10O4/c1-5-2-3-12-8(5)6(9)4-7(10)11/h2-3,6,9H,4H2,1H3,(H,10,11). The molecule has 2 N–H and O–H groups in total. The van der Waals surface area contributed by atoms with E-state index in [4.69, 9.17) is 9.52 Å². The fraction of sp³-hybridized carbons (Fsp3) is 0.375. The van der Waals surface area contributed by atoms with Gasteiger partial charge in [0.2, 0.25) is 0 Å². The molecule has 1 heterocycles. The molecule has 1 aromatic heterocycles. The lowest BCUT2D eigenvalue weighted by Gasteiger charge is -2.04. The minimum Gasteiger partial charge on any atom is -0.481 e. The van der Waals surface area contributed by atoms with E-state index in [2.05, 4.69) is 0 Å². The lowest BCUT2D eigenvalue weighted by atomic mass is 10.1. The molecule has 0 saturated heterocycles. The second-order valence-corrected chi connectivity index (χ2v) is 2.58. The van der Waals surface area contributed by atoms with Crippen LogP contribution in [0.5, 0.6) is 0 Å². The molecular weight excluding hydrogens is 160 g/mol. The quantitative estimate of drug-likeness (QED) is 0.712. The Morgan fingerprint density at radius 3 is 2.83 bits per heavy atom. The number of aliphatic carboxylic acids is 1. The molecule has 0 aliphatic rings. The molecule has 1 atom stereocenters. The summed E-state index contributed by atoms with van der Waals surface area (Å²) in [6, 6.07) is 1.68. The van der Waals surface area contributed by atoms with Gasteiger partial charge in [-0.3, -0.25) is 4.79 Å². The zero-order valence-electron chi connectivity index (χ0n) is 6.65. The summed E-state index contributed by atoms with van der Waals surface area (Å²) in [7, 11) is 0. The van der Waals surface area contributed by atoms with Crippen LogP contribution in [0.25, 0.3) is 0 Å².